The first kappa shape index (κ1) is 6.24. The van der Waals surface area contributed by atoms with Crippen molar-refractivity contribution in [2.45, 2.75) is 0 Å². The smallest absolute Gasteiger partial charge is 0.118 e. The van der Waals surface area contributed by atoms with Crippen LogP contribution in [0, 0.1) is 0 Å². The molecule has 0 aromatic heterocycles. The molecule has 0 unspecified atom stereocenters. The summed E-state index contributed by atoms with van der Waals surface area (Å²) >= 11 is 0. The van der Waals surface area contributed by atoms with Crippen LogP contribution in [-0.2, 0) is 0 Å². The molecule has 0 fully saturated rings. The van der Waals surface area contributed by atoms with Crippen LogP contribution in [0.25, 0.3) is 0 Å². The first-order valence-corrected chi connectivity index (χ1v) is 1.92. The summed E-state index contributed by atoms with van der Waals surface area (Å²) in [5.41, 5.74) is 0. The summed E-state index contributed by atoms with van der Waals surface area (Å²) in [6, 6.07) is 0. The normalized spacial score (nSPS) is 11.3. The SMILES string of the molecule is C=CC=C(O)CO. The maximum Gasteiger partial charge on any atom is 0.118 e. The van der Waals surface area contributed by atoms with E-state index in [4.69, 9.17) is 10.2 Å². The van der Waals surface area contributed by atoms with Crippen LogP contribution in [0.1, 0.15) is 0 Å². The van der Waals surface area contributed by atoms with Gasteiger partial charge < -0.3 is 10.2 Å². The van der Waals surface area contributed by atoms with Gasteiger partial charge in [0, 0.05) is 0 Å². The van der Waals surface area contributed by atoms with E-state index in [1.54, 1.807) is 0 Å². The fourth-order valence-corrected chi connectivity index (χ4v) is 0.189. The Kier molecular flexibility index (Phi) is 3.06. The molecule has 0 atom stereocenters. The van der Waals surface area contributed by atoms with E-state index in [-0.39, 0.29) is 12.4 Å². The molecule has 0 bridgehead atoms. The zero-order valence-corrected chi connectivity index (χ0v) is 3.96. The third kappa shape index (κ3) is 3.06. The largest absolute Gasteiger partial charge is 0.510 e. The number of hydrogen-bond donors (Lipinski definition) is 2. The predicted molar refractivity (Wildman–Crippen MR) is 28.0 cm³/mol. The molecule has 2 heteroatoms. The van der Waals surface area contributed by atoms with Crippen LogP contribution in [0.2, 0.25) is 0 Å². The molecule has 0 saturated carbocycles. The van der Waals surface area contributed by atoms with Crippen LogP contribution < -0.4 is 0 Å². The lowest BCUT2D eigenvalue weighted by Gasteiger charge is -1.85. The topological polar surface area (TPSA) is 40.5 Å². The van der Waals surface area contributed by atoms with Gasteiger partial charge in [0.25, 0.3) is 0 Å². The summed E-state index contributed by atoms with van der Waals surface area (Å²) in [7, 11) is 0. The number of hydrogen-bond acceptors (Lipinski definition) is 2. The fourth-order valence-electron chi connectivity index (χ4n) is 0.189. The highest BCUT2D eigenvalue weighted by molar-refractivity contribution is 5.02. The van der Waals surface area contributed by atoms with E-state index in [2.05, 4.69) is 6.58 Å². The Bertz CT molecular complexity index is 84.1. The van der Waals surface area contributed by atoms with Crippen molar-refractivity contribution in [1.29, 1.82) is 0 Å². The van der Waals surface area contributed by atoms with Crippen LogP contribution in [0.4, 0.5) is 0 Å². The molecule has 0 spiro atoms. The fraction of sp³-hybridized carbons (Fsp3) is 0.200. The Hall–Kier alpha value is -0.760. The minimum Gasteiger partial charge on any atom is -0.510 e. The standard InChI is InChI=1S/C5H8O2/c1-2-3-5(7)4-6/h2-3,6-7H,1,4H2. The van der Waals surface area contributed by atoms with Gasteiger partial charge in [-0.15, -0.1) is 0 Å². The summed E-state index contributed by atoms with van der Waals surface area (Å²) in [6.45, 7) is 2.99. The lowest BCUT2D eigenvalue weighted by Crippen LogP contribution is -1.84. The van der Waals surface area contributed by atoms with Crippen LogP contribution >= 0.6 is 0 Å². The van der Waals surface area contributed by atoms with Crippen LogP contribution in [-0.4, -0.2) is 16.8 Å². The van der Waals surface area contributed by atoms with Crippen molar-refractivity contribution in [2.24, 2.45) is 0 Å². The molecule has 0 aromatic rings. The molecular weight excluding hydrogens is 92.1 g/mol. The summed E-state index contributed by atoms with van der Waals surface area (Å²) in [5, 5.41) is 16.5. The van der Waals surface area contributed by atoms with Gasteiger partial charge in [-0.1, -0.05) is 12.7 Å². The summed E-state index contributed by atoms with van der Waals surface area (Å²) < 4.78 is 0. The number of allylic oxidation sites excluding steroid dienone is 2. The summed E-state index contributed by atoms with van der Waals surface area (Å²) in [5.74, 6) is -0.0602. The van der Waals surface area contributed by atoms with Crippen molar-refractivity contribution in [3.8, 4) is 0 Å². The second-order valence-electron chi connectivity index (χ2n) is 1.05. The third-order valence-corrected chi connectivity index (χ3v) is 0.472. The van der Waals surface area contributed by atoms with E-state index in [0.717, 1.165) is 0 Å². The number of aliphatic hydroxyl groups excluding tert-OH is 2. The summed E-state index contributed by atoms with van der Waals surface area (Å²) in [4.78, 5) is 0. The van der Waals surface area contributed by atoms with Crippen LogP contribution in [0.15, 0.2) is 24.5 Å². The van der Waals surface area contributed by atoms with Gasteiger partial charge in [0.2, 0.25) is 0 Å². The Labute approximate surface area is 42.4 Å². The van der Waals surface area contributed by atoms with Gasteiger partial charge in [0.05, 0.1) is 0 Å². The van der Waals surface area contributed by atoms with E-state index in [1.807, 2.05) is 0 Å². The van der Waals surface area contributed by atoms with Crippen molar-refractivity contribution in [3.63, 3.8) is 0 Å². The first-order valence-electron chi connectivity index (χ1n) is 1.92. The lowest BCUT2D eigenvalue weighted by molar-refractivity contribution is 0.253. The molecule has 2 nitrogen and oxygen atoms in total. The van der Waals surface area contributed by atoms with Crippen LogP contribution in [0.5, 0.6) is 0 Å². The highest BCUT2D eigenvalue weighted by atomic mass is 16.3. The minimum atomic E-state index is -0.313. The van der Waals surface area contributed by atoms with Crippen molar-refractivity contribution in [1.82, 2.24) is 0 Å². The molecule has 0 amide bonds. The highest BCUT2D eigenvalue weighted by Crippen LogP contribution is 1.82. The number of aliphatic hydroxyl groups is 2. The van der Waals surface area contributed by atoms with E-state index in [9.17, 15) is 0 Å². The van der Waals surface area contributed by atoms with Gasteiger partial charge in [0.1, 0.15) is 12.4 Å². The average Bonchev–Trinajstić information content (AvgIpc) is 1.68. The lowest BCUT2D eigenvalue weighted by atomic mass is 10.4. The number of rotatable bonds is 2. The monoisotopic (exact) mass is 100 g/mol. The molecule has 0 radical (unpaired) electrons. The molecule has 0 rings (SSSR count). The molecule has 0 saturated heterocycles. The Morgan fingerprint density at radius 3 is 2.43 bits per heavy atom. The molecule has 0 heterocycles. The Morgan fingerprint density at radius 1 is 1.71 bits per heavy atom. The molecule has 2 N–H and O–H groups in total. The minimum absolute atomic E-state index is 0.0602. The molecule has 0 aromatic carbocycles. The zero-order valence-electron chi connectivity index (χ0n) is 3.96. The molecule has 40 valence electrons. The second kappa shape index (κ2) is 3.43. The molecular formula is C5H8O2. The van der Waals surface area contributed by atoms with E-state index >= 15 is 0 Å². The van der Waals surface area contributed by atoms with Gasteiger partial charge >= 0.3 is 0 Å². The quantitative estimate of drug-likeness (QED) is 0.394. The van der Waals surface area contributed by atoms with Crippen molar-refractivity contribution in [3.05, 3.63) is 24.5 Å². The first-order chi connectivity index (χ1) is 3.31. The van der Waals surface area contributed by atoms with Gasteiger partial charge in [0.15, 0.2) is 0 Å². The predicted octanol–water partition coefficient (Wildman–Crippen LogP) is 0.607. The van der Waals surface area contributed by atoms with Crippen LogP contribution in [0.3, 0.4) is 0 Å². The van der Waals surface area contributed by atoms with E-state index < -0.39 is 0 Å². The van der Waals surface area contributed by atoms with Crippen molar-refractivity contribution in [2.75, 3.05) is 6.61 Å². The zero-order chi connectivity index (χ0) is 5.70. The summed E-state index contributed by atoms with van der Waals surface area (Å²) in [6.07, 6.45) is 2.74. The van der Waals surface area contributed by atoms with Gasteiger partial charge in [-0.25, -0.2) is 0 Å². The Balaban J connectivity index is 3.49. The maximum absolute atomic E-state index is 8.40. The second-order valence-corrected chi connectivity index (χ2v) is 1.05. The molecule has 0 aliphatic heterocycles. The van der Waals surface area contributed by atoms with E-state index in [1.165, 1.54) is 12.2 Å². The van der Waals surface area contributed by atoms with Gasteiger partial charge in [-0.05, 0) is 6.08 Å². The maximum atomic E-state index is 8.40. The van der Waals surface area contributed by atoms with Gasteiger partial charge in [-0.3, -0.25) is 0 Å². The third-order valence-electron chi connectivity index (χ3n) is 0.472. The highest BCUT2D eigenvalue weighted by Gasteiger charge is 1.79. The molecule has 7 heavy (non-hydrogen) atoms. The Morgan fingerprint density at radius 2 is 2.29 bits per heavy atom. The average molecular weight is 100 g/mol. The van der Waals surface area contributed by atoms with E-state index in [0.29, 0.717) is 0 Å². The van der Waals surface area contributed by atoms with Crippen molar-refractivity contribution < 1.29 is 10.2 Å². The molecule has 0 aliphatic rings. The van der Waals surface area contributed by atoms with Gasteiger partial charge in [-0.2, -0.15) is 0 Å². The van der Waals surface area contributed by atoms with Crippen molar-refractivity contribution >= 4 is 0 Å². The molecule has 0 aliphatic carbocycles.